The lowest BCUT2D eigenvalue weighted by atomic mass is 10.2. The molecule has 0 aliphatic carbocycles. The van der Waals surface area contributed by atoms with E-state index in [4.69, 9.17) is 21.1 Å². The highest BCUT2D eigenvalue weighted by atomic mass is 35.5. The highest BCUT2D eigenvalue weighted by Crippen LogP contribution is 2.27. The van der Waals surface area contributed by atoms with Crippen LogP contribution in [0.25, 0.3) is 0 Å². The molecule has 2 aromatic rings. The summed E-state index contributed by atoms with van der Waals surface area (Å²) in [4.78, 5) is 4.47. The van der Waals surface area contributed by atoms with E-state index in [2.05, 4.69) is 4.99 Å². The second-order valence-electron chi connectivity index (χ2n) is 4.30. The molecule has 3 nitrogen and oxygen atoms in total. The van der Waals surface area contributed by atoms with Crippen molar-refractivity contribution in [3.8, 4) is 11.5 Å². The lowest BCUT2D eigenvalue weighted by Crippen LogP contribution is -1.92. The van der Waals surface area contributed by atoms with Crippen molar-refractivity contribution in [2.24, 2.45) is 4.99 Å². The van der Waals surface area contributed by atoms with E-state index in [1.807, 2.05) is 43.3 Å². The van der Waals surface area contributed by atoms with Gasteiger partial charge in [-0.15, -0.1) is 0 Å². The molecule has 0 aromatic heterocycles. The van der Waals surface area contributed by atoms with Gasteiger partial charge in [0.2, 0.25) is 0 Å². The first-order valence-electron chi connectivity index (χ1n) is 6.16. The van der Waals surface area contributed by atoms with Gasteiger partial charge >= 0.3 is 0 Å². The maximum absolute atomic E-state index is 5.92. The Bertz CT molecular complexity index is 638. The SMILES string of the molecule is COc1ccc(C=Nc2ccc(Cl)cc2C)cc1OC. The van der Waals surface area contributed by atoms with E-state index in [0.29, 0.717) is 16.5 Å². The van der Waals surface area contributed by atoms with Crippen molar-refractivity contribution in [2.75, 3.05) is 14.2 Å². The third-order valence-corrected chi connectivity index (χ3v) is 3.15. The van der Waals surface area contributed by atoms with Crippen LogP contribution < -0.4 is 9.47 Å². The molecule has 104 valence electrons. The molecule has 2 rings (SSSR count). The number of methoxy groups -OCH3 is 2. The normalized spacial score (nSPS) is 10.8. The number of halogens is 1. The number of aliphatic imine (C=N–C) groups is 1. The summed E-state index contributed by atoms with van der Waals surface area (Å²) < 4.78 is 10.5. The van der Waals surface area contributed by atoms with Gasteiger partial charge in [0.15, 0.2) is 11.5 Å². The van der Waals surface area contributed by atoms with Gasteiger partial charge in [-0.1, -0.05) is 11.6 Å². The Morgan fingerprint density at radius 3 is 2.40 bits per heavy atom. The van der Waals surface area contributed by atoms with Crippen LogP contribution in [0, 0.1) is 6.92 Å². The lowest BCUT2D eigenvalue weighted by molar-refractivity contribution is 0.355. The van der Waals surface area contributed by atoms with Crippen LogP contribution in [0.4, 0.5) is 5.69 Å². The second-order valence-corrected chi connectivity index (χ2v) is 4.74. The van der Waals surface area contributed by atoms with Gasteiger partial charge in [0, 0.05) is 11.2 Å². The van der Waals surface area contributed by atoms with Gasteiger partial charge < -0.3 is 9.47 Å². The molecule has 0 aliphatic heterocycles. The number of benzene rings is 2. The fraction of sp³-hybridized carbons (Fsp3) is 0.188. The smallest absolute Gasteiger partial charge is 0.161 e. The number of ether oxygens (including phenoxy) is 2. The topological polar surface area (TPSA) is 30.8 Å². The molecule has 0 saturated heterocycles. The van der Waals surface area contributed by atoms with Crippen molar-refractivity contribution in [1.29, 1.82) is 0 Å². The molecule has 0 radical (unpaired) electrons. The minimum atomic E-state index is 0.685. The summed E-state index contributed by atoms with van der Waals surface area (Å²) in [6.45, 7) is 1.98. The second kappa shape index (κ2) is 6.44. The average molecular weight is 290 g/mol. The number of rotatable bonds is 4. The largest absolute Gasteiger partial charge is 0.493 e. The lowest BCUT2D eigenvalue weighted by Gasteiger charge is -2.07. The maximum atomic E-state index is 5.92. The number of hydrogen-bond acceptors (Lipinski definition) is 3. The molecule has 0 aliphatic rings. The maximum Gasteiger partial charge on any atom is 0.161 e. The average Bonchev–Trinajstić information content (AvgIpc) is 2.46. The molecule has 0 spiro atoms. The van der Waals surface area contributed by atoms with Crippen LogP contribution in [0.3, 0.4) is 0 Å². The fourth-order valence-corrected chi connectivity index (χ4v) is 2.07. The van der Waals surface area contributed by atoms with Crippen LogP contribution >= 0.6 is 11.6 Å². The first-order valence-corrected chi connectivity index (χ1v) is 6.54. The minimum absolute atomic E-state index is 0.685. The van der Waals surface area contributed by atoms with E-state index in [0.717, 1.165) is 16.8 Å². The summed E-state index contributed by atoms with van der Waals surface area (Å²) in [6, 6.07) is 11.3. The number of nitrogens with zero attached hydrogens (tertiary/aromatic N) is 1. The Morgan fingerprint density at radius 2 is 1.75 bits per heavy atom. The Morgan fingerprint density at radius 1 is 1.00 bits per heavy atom. The third kappa shape index (κ3) is 3.31. The molecular formula is C16H16ClNO2. The summed E-state index contributed by atoms with van der Waals surface area (Å²) in [7, 11) is 3.23. The van der Waals surface area contributed by atoms with Crippen molar-refractivity contribution in [3.63, 3.8) is 0 Å². The van der Waals surface area contributed by atoms with E-state index in [1.54, 1.807) is 20.4 Å². The molecule has 0 heterocycles. The number of aryl methyl sites for hydroxylation is 1. The summed E-state index contributed by atoms with van der Waals surface area (Å²) in [5, 5.41) is 0.715. The third-order valence-electron chi connectivity index (χ3n) is 2.92. The van der Waals surface area contributed by atoms with E-state index < -0.39 is 0 Å². The molecule has 0 N–H and O–H groups in total. The predicted octanol–water partition coefficient (Wildman–Crippen LogP) is 4.42. The molecular weight excluding hydrogens is 274 g/mol. The first-order chi connectivity index (χ1) is 9.63. The van der Waals surface area contributed by atoms with Gasteiger partial charge in [-0.25, -0.2) is 0 Å². The van der Waals surface area contributed by atoms with Crippen LogP contribution in [0.1, 0.15) is 11.1 Å². The van der Waals surface area contributed by atoms with Gasteiger partial charge in [0.05, 0.1) is 19.9 Å². The molecule has 2 aromatic carbocycles. The van der Waals surface area contributed by atoms with E-state index in [1.165, 1.54) is 0 Å². The summed E-state index contributed by atoms with van der Waals surface area (Å²) in [5.41, 5.74) is 2.87. The highest BCUT2D eigenvalue weighted by Gasteiger charge is 2.03. The van der Waals surface area contributed by atoms with Gasteiger partial charge in [-0.2, -0.15) is 0 Å². The Hall–Kier alpha value is -2.00. The monoisotopic (exact) mass is 289 g/mol. The first kappa shape index (κ1) is 14.4. The van der Waals surface area contributed by atoms with Gasteiger partial charge in [0.25, 0.3) is 0 Å². The molecule has 4 heteroatoms. The Labute approximate surface area is 123 Å². The molecule has 0 atom stereocenters. The van der Waals surface area contributed by atoms with Crippen molar-refractivity contribution >= 4 is 23.5 Å². The van der Waals surface area contributed by atoms with Crippen molar-refractivity contribution in [1.82, 2.24) is 0 Å². The van der Waals surface area contributed by atoms with Crippen molar-refractivity contribution < 1.29 is 9.47 Å². The van der Waals surface area contributed by atoms with E-state index in [-0.39, 0.29) is 0 Å². The summed E-state index contributed by atoms with van der Waals surface area (Å²) >= 11 is 5.92. The molecule has 0 amide bonds. The van der Waals surface area contributed by atoms with Crippen LogP contribution in [-0.4, -0.2) is 20.4 Å². The molecule has 0 fully saturated rings. The molecule has 20 heavy (non-hydrogen) atoms. The van der Waals surface area contributed by atoms with Crippen LogP contribution in [-0.2, 0) is 0 Å². The zero-order valence-corrected chi connectivity index (χ0v) is 12.4. The highest BCUT2D eigenvalue weighted by molar-refractivity contribution is 6.30. The van der Waals surface area contributed by atoms with Crippen LogP contribution in [0.5, 0.6) is 11.5 Å². The van der Waals surface area contributed by atoms with Crippen molar-refractivity contribution in [3.05, 3.63) is 52.5 Å². The molecule has 0 saturated carbocycles. The summed E-state index contributed by atoms with van der Waals surface area (Å²) in [6.07, 6.45) is 1.79. The Balaban J connectivity index is 2.27. The zero-order valence-electron chi connectivity index (χ0n) is 11.7. The van der Waals surface area contributed by atoms with Crippen LogP contribution in [0.15, 0.2) is 41.4 Å². The van der Waals surface area contributed by atoms with Gasteiger partial charge in [-0.3, -0.25) is 4.99 Å². The van der Waals surface area contributed by atoms with Crippen LogP contribution in [0.2, 0.25) is 5.02 Å². The van der Waals surface area contributed by atoms with E-state index >= 15 is 0 Å². The molecule has 0 unspecified atom stereocenters. The predicted molar refractivity (Wildman–Crippen MR) is 83.0 cm³/mol. The molecule has 0 bridgehead atoms. The van der Waals surface area contributed by atoms with Gasteiger partial charge in [-0.05, 0) is 54.4 Å². The minimum Gasteiger partial charge on any atom is -0.493 e. The zero-order chi connectivity index (χ0) is 14.5. The van der Waals surface area contributed by atoms with Crippen molar-refractivity contribution in [2.45, 2.75) is 6.92 Å². The Kier molecular flexibility index (Phi) is 4.64. The van der Waals surface area contributed by atoms with E-state index in [9.17, 15) is 0 Å². The summed E-state index contributed by atoms with van der Waals surface area (Å²) in [5.74, 6) is 1.39. The van der Waals surface area contributed by atoms with Gasteiger partial charge in [0.1, 0.15) is 0 Å². The quantitative estimate of drug-likeness (QED) is 0.780. The standard InChI is InChI=1S/C16H16ClNO2/c1-11-8-13(17)5-6-14(11)18-10-12-4-7-15(19-2)16(9-12)20-3/h4-10H,1-3H3. The number of hydrogen-bond donors (Lipinski definition) is 0. The fourth-order valence-electron chi connectivity index (χ4n) is 1.84.